The van der Waals surface area contributed by atoms with Gasteiger partial charge in [-0.1, -0.05) is 42.5 Å². The number of likely N-dealkylation sites (tertiary alicyclic amines) is 1. The Balaban J connectivity index is 1.45. The summed E-state index contributed by atoms with van der Waals surface area (Å²) >= 11 is 1.33. The fraction of sp³-hybridized carbons (Fsp3) is 0.355. The molecule has 1 atom stereocenters. The molecule has 1 aliphatic heterocycles. The minimum atomic E-state index is -1.25. The summed E-state index contributed by atoms with van der Waals surface area (Å²) in [6, 6.07) is 18.0. The molecule has 1 amide bonds. The second-order valence-corrected chi connectivity index (χ2v) is 12.2. The molecule has 0 bridgehead atoms. The first kappa shape index (κ1) is 28.6. The van der Waals surface area contributed by atoms with Crippen molar-refractivity contribution in [3.63, 3.8) is 0 Å². The van der Waals surface area contributed by atoms with E-state index in [2.05, 4.69) is 10.3 Å². The number of benzene rings is 2. The number of hydrogen-bond acceptors (Lipinski definition) is 8. The predicted octanol–water partition coefficient (Wildman–Crippen LogP) is 6.80. The van der Waals surface area contributed by atoms with E-state index < -0.39 is 17.3 Å². The number of anilines is 1. The van der Waals surface area contributed by atoms with E-state index >= 15 is 0 Å². The van der Waals surface area contributed by atoms with Gasteiger partial charge < -0.3 is 20.1 Å². The summed E-state index contributed by atoms with van der Waals surface area (Å²) in [4.78, 5) is 28.9. The van der Waals surface area contributed by atoms with E-state index in [4.69, 9.17) is 14.7 Å². The normalized spacial score (nSPS) is 15.8. The van der Waals surface area contributed by atoms with Crippen molar-refractivity contribution in [2.75, 3.05) is 18.4 Å². The van der Waals surface area contributed by atoms with Crippen LogP contribution in [-0.4, -0.2) is 49.7 Å². The summed E-state index contributed by atoms with van der Waals surface area (Å²) < 4.78 is 19.8. The third kappa shape index (κ3) is 6.71. The zero-order chi connectivity index (χ0) is 29.2. The Morgan fingerprint density at radius 2 is 1.83 bits per heavy atom. The number of nitrogens with one attached hydrogen (secondary N) is 1. The van der Waals surface area contributed by atoms with Crippen LogP contribution in [0.15, 0.2) is 66.9 Å². The standard InChI is InChI=1S/C31H34FN5O3S/c1-20(21-9-6-5-7-10-21)34-28-33-16-13-24(35-28)26-25(22-11-8-12-23(32)19-22)36-27(41-26)31(39)14-17-37(18-15-31)29(38)40-30(2,3)4/h5-13,16,19-20,39H,14-15,17-18H2,1-4H3,(H,33,34,35)/t20-/m0/s1. The van der Waals surface area contributed by atoms with E-state index in [9.17, 15) is 14.3 Å². The fourth-order valence-electron chi connectivity index (χ4n) is 4.70. The molecule has 5 rings (SSSR count). The van der Waals surface area contributed by atoms with Crippen molar-refractivity contribution in [1.29, 1.82) is 0 Å². The molecule has 8 nitrogen and oxygen atoms in total. The summed E-state index contributed by atoms with van der Waals surface area (Å²) in [7, 11) is 0. The maximum Gasteiger partial charge on any atom is 0.410 e. The summed E-state index contributed by atoms with van der Waals surface area (Å²) in [5, 5.41) is 15.6. The molecular formula is C31H34FN5O3S. The van der Waals surface area contributed by atoms with Crippen molar-refractivity contribution >= 4 is 23.4 Å². The van der Waals surface area contributed by atoms with E-state index in [1.807, 2.05) is 58.0 Å². The van der Waals surface area contributed by atoms with E-state index in [0.717, 1.165) is 5.56 Å². The molecule has 0 unspecified atom stereocenters. The predicted molar refractivity (Wildman–Crippen MR) is 158 cm³/mol. The van der Waals surface area contributed by atoms with Crippen LogP contribution in [0.3, 0.4) is 0 Å². The lowest BCUT2D eigenvalue weighted by atomic mass is 9.92. The summed E-state index contributed by atoms with van der Waals surface area (Å²) in [5.74, 6) is 0.0671. The average molecular weight is 576 g/mol. The monoisotopic (exact) mass is 575 g/mol. The highest BCUT2D eigenvalue weighted by molar-refractivity contribution is 7.15. The van der Waals surface area contributed by atoms with E-state index in [0.29, 0.717) is 58.7 Å². The molecule has 2 aromatic carbocycles. The van der Waals surface area contributed by atoms with E-state index in [-0.39, 0.29) is 11.9 Å². The largest absolute Gasteiger partial charge is 0.444 e. The van der Waals surface area contributed by atoms with Crippen LogP contribution in [0.4, 0.5) is 15.1 Å². The summed E-state index contributed by atoms with van der Waals surface area (Å²) in [5.41, 5.74) is 0.984. The Labute approximate surface area is 243 Å². The van der Waals surface area contributed by atoms with Gasteiger partial charge in [0.15, 0.2) is 0 Å². The Morgan fingerprint density at radius 1 is 1.10 bits per heavy atom. The highest BCUT2D eigenvalue weighted by Crippen LogP contribution is 2.43. The van der Waals surface area contributed by atoms with Crippen LogP contribution < -0.4 is 5.32 Å². The number of carbonyl (C=O) groups excluding carboxylic acids is 1. The number of aliphatic hydroxyl groups is 1. The van der Waals surface area contributed by atoms with Crippen molar-refractivity contribution < 1.29 is 19.0 Å². The highest BCUT2D eigenvalue weighted by Gasteiger charge is 2.40. The lowest BCUT2D eigenvalue weighted by Gasteiger charge is -2.37. The van der Waals surface area contributed by atoms with Crippen LogP contribution in [0, 0.1) is 5.82 Å². The molecule has 1 aliphatic rings. The molecule has 2 aromatic heterocycles. The smallest absolute Gasteiger partial charge is 0.410 e. The number of rotatable bonds is 6. The first-order chi connectivity index (χ1) is 19.5. The molecule has 3 heterocycles. The Hall–Kier alpha value is -3.89. The topological polar surface area (TPSA) is 100 Å². The summed E-state index contributed by atoms with van der Waals surface area (Å²) in [6.07, 6.45) is 1.87. The van der Waals surface area contributed by atoms with Gasteiger partial charge in [0.2, 0.25) is 5.95 Å². The quantitative estimate of drug-likeness (QED) is 0.261. The minimum Gasteiger partial charge on any atom is -0.444 e. The Morgan fingerprint density at radius 3 is 2.51 bits per heavy atom. The maximum absolute atomic E-state index is 14.3. The number of halogens is 1. The summed E-state index contributed by atoms with van der Waals surface area (Å²) in [6.45, 7) is 8.17. The first-order valence-corrected chi connectivity index (χ1v) is 14.4. The molecule has 0 spiro atoms. The van der Waals surface area contributed by atoms with Crippen molar-refractivity contribution in [1.82, 2.24) is 19.9 Å². The van der Waals surface area contributed by atoms with Crippen molar-refractivity contribution in [2.45, 2.75) is 57.8 Å². The van der Waals surface area contributed by atoms with Crippen LogP contribution in [0.1, 0.15) is 57.1 Å². The number of thiazole rings is 1. The van der Waals surface area contributed by atoms with Gasteiger partial charge in [0, 0.05) is 37.7 Å². The van der Waals surface area contributed by atoms with Gasteiger partial charge in [0.1, 0.15) is 22.0 Å². The van der Waals surface area contributed by atoms with E-state index in [1.165, 1.54) is 23.5 Å². The molecule has 214 valence electrons. The van der Waals surface area contributed by atoms with Crippen LogP contribution in [0.2, 0.25) is 0 Å². The van der Waals surface area contributed by atoms with Gasteiger partial charge in [0.25, 0.3) is 0 Å². The number of hydrogen-bond donors (Lipinski definition) is 2. The molecule has 0 radical (unpaired) electrons. The molecule has 1 fully saturated rings. The van der Waals surface area contributed by atoms with Crippen LogP contribution >= 0.6 is 11.3 Å². The minimum absolute atomic E-state index is 0.0259. The second kappa shape index (κ2) is 11.5. The van der Waals surface area contributed by atoms with E-state index in [1.54, 1.807) is 29.3 Å². The van der Waals surface area contributed by atoms with Gasteiger partial charge in [-0.15, -0.1) is 11.3 Å². The SMILES string of the molecule is C[C@H](Nc1nccc(-c2sc(C3(O)CCN(C(=O)OC(C)(C)C)CC3)nc2-c2cccc(F)c2)n1)c1ccccc1. The van der Waals surface area contributed by atoms with Gasteiger partial charge in [-0.25, -0.2) is 24.1 Å². The molecule has 0 saturated carbocycles. The molecule has 1 saturated heterocycles. The number of ether oxygens (including phenoxy) is 1. The molecular weight excluding hydrogens is 541 g/mol. The van der Waals surface area contributed by atoms with Crippen LogP contribution in [0.25, 0.3) is 21.8 Å². The zero-order valence-electron chi connectivity index (χ0n) is 23.6. The number of piperidine rings is 1. The fourth-order valence-corrected chi connectivity index (χ4v) is 5.90. The Kier molecular flexibility index (Phi) is 8.06. The number of amides is 1. The molecule has 4 aromatic rings. The lowest BCUT2D eigenvalue weighted by Crippen LogP contribution is -2.46. The average Bonchev–Trinajstić information content (AvgIpc) is 3.40. The van der Waals surface area contributed by atoms with Gasteiger partial charge in [-0.3, -0.25) is 0 Å². The number of carbonyl (C=O) groups is 1. The van der Waals surface area contributed by atoms with Crippen molar-refractivity contribution in [3.05, 3.63) is 83.2 Å². The maximum atomic E-state index is 14.3. The molecule has 10 heteroatoms. The van der Waals surface area contributed by atoms with Gasteiger partial charge in [0.05, 0.1) is 22.3 Å². The highest BCUT2D eigenvalue weighted by atomic mass is 32.1. The molecule has 2 N–H and O–H groups in total. The van der Waals surface area contributed by atoms with Gasteiger partial charge in [-0.05, 0) is 51.5 Å². The van der Waals surface area contributed by atoms with Crippen molar-refractivity contribution in [3.8, 4) is 21.8 Å². The van der Waals surface area contributed by atoms with Gasteiger partial charge in [-0.2, -0.15) is 0 Å². The third-order valence-corrected chi connectivity index (χ3v) is 8.17. The van der Waals surface area contributed by atoms with Gasteiger partial charge >= 0.3 is 6.09 Å². The van der Waals surface area contributed by atoms with Crippen LogP contribution in [0.5, 0.6) is 0 Å². The first-order valence-electron chi connectivity index (χ1n) is 13.6. The van der Waals surface area contributed by atoms with Crippen molar-refractivity contribution in [2.24, 2.45) is 0 Å². The second-order valence-electron chi connectivity index (χ2n) is 11.2. The number of aromatic nitrogens is 3. The third-order valence-electron chi connectivity index (χ3n) is 6.90. The Bertz CT molecular complexity index is 1510. The lowest BCUT2D eigenvalue weighted by molar-refractivity contribution is -0.0356. The number of nitrogens with zero attached hydrogens (tertiary/aromatic N) is 4. The van der Waals surface area contributed by atoms with Crippen LogP contribution in [-0.2, 0) is 10.3 Å². The molecule has 41 heavy (non-hydrogen) atoms. The zero-order valence-corrected chi connectivity index (χ0v) is 24.4. The molecule has 0 aliphatic carbocycles.